The Labute approximate surface area is 332 Å². The molecule has 0 aromatic carbocycles. The molecule has 0 heterocycles. The number of hydrogen-bond donors (Lipinski definition) is 2. The van der Waals surface area contributed by atoms with E-state index in [1.807, 2.05) is 0 Å². The van der Waals surface area contributed by atoms with Crippen molar-refractivity contribution >= 4 is 11.9 Å². The lowest BCUT2D eigenvalue weighted by molar-refractivity contribution is -0.138. The van der Waals surface area contributed by atoms with Crippen LogP contribution in [-0.4, -0.2) is 169 Å². The maximum atomic E-state index is 11.4. The molecule has 0 saturated carbocycles. The topological polar surface area (TPSA) is 168 Å². The first kappa shape index (κ1) is 53.5. The van der Waals surface area contributed by atoms with Crippen LogP contribution in [0.2, 0.25) is 0 Å². The number of nitrogens with one attached hydrogen (secondary N) is 1. The summed E-state index contributed by atoms with van der Waals surface area (Å²) in [4.78, 5) is 21.8. The summed E-state index contributed by atoms with van der Waals surface area (Å²) in [6.45, 7) is 14.3. The molecule has 0 radical (unpaired) electrons. The molecule has 55 heavy (non-hydrogen) atoms. The lowest BCUT2D eigenvalue weighted by Gasteiger charge is -2.09. The summed E-state index contributed by atoms with van der Waals surface area (Å²) < 4.78 is 60.5. The van der Waals surface area contributed by atoms with Crippen LogP contribution >= 0.6 is 0 Å². The summed E-state index contributed by atoms with van der Waals surface area (Å²) in [5.41, 5.74) is 0. The van der Waals surface area contributed by atoms with E-state index in [0.29, 0.717) is 152 Å². The van der Waals surface area contributed by atoms with Crippen LogP contribution in [-0.2, 0) is 61.7 Å². The number of unbranched alkanes of at least 4 members (excludes halogenated alkanes) is 10. The molecule has 15 nitrogen and oxygen atoms in total. The second kappa shape index (κ2) is 48.6. The molecule has 0 aliphatic heterocycles. The second-order valence-corrected chi connectivity index (χ2v) is 12.9. The zero-order valence-corrected chi connectivity index (χ0v) is 34.4. The van der Waals surface area contributed by atoms with Crippen molar-refractivity contribution < 1.29 is 66.8 Å². The van der Waals surface area contributed by atoms with Crippen molar-refractivity contribution in [2.24, 2.45) is 0 Å². The Morgan fingerprint density at radius 3 is 0.891 bits per heavy atom. The van der Waals surface area contributed by atoms with Gasteiger partial charge in [-0.05, 0) is 12.8 Å². The van der Waals surface area contributed by atoms with Gasteiger partial charge in [-0.15, -0.1) is 0 Å². The van der Waals surface area contributed by atoms with Crippen molar-refractivity contribution in [1.82, 2.24) is 5.32 Å². The highest BCUT2D eigenvalue weighted by Crippen LogP contribution is 2.11. The number of carboxylic acids is 1. The van der Waals surface area contributed by atoms with Gasteiger partial charge in [0.25, 0.3) is 0 Å². The average molecular weight is 798 g/mol. The van der Waals surface area contributed by atoms with Crippen molar-refractivity contribution in [3.05, 3.63) is 0 Å². The molecule has 328 valence electrons. The maximum absolute atomic E-state index is 11.4. The van der Waals surface area contributed by atoms with Crippen LogP contribution in [0.3, 0.4) is 0 Å². The van der Waals surface area contributed by atoms with Gasteiger partial charge in [-0.3, -0.25) is 9.59 Å². The molecule has 0 aliphatic rings. The quantitative estimate of drug-likeness (QED) is 0.0802. The van der Waals surface area contributed by atoms with Crippen molar-refractivity contribution in [2.45, 2.75) is 96.8 Å². The summed E-state index contributed by atoms with van der Waals surface area (Å²) in [6, 6.07) is 0. The van der Waals surface area contributed by atoms with E-state index in [9.17, 15) is 9.59 Å². The predicted molar refractivity (Wildman–Crippen MR) is 210 cm³/mol. The van der Waals surface area contributed by atoms with Crippen molar-refractivity contribution in [3.8, 4) is 0 Å². The lowest BCUT2D eigenvalue weighted by atomic mass is 10.1. The molecule has 0 rings (SSSR count). The van der Waals surface area contributed by atoms with Crippen LogP contribution < -0.4 is 5.32 Å². The van der Waals surface area contributed by atoms with Crippen LogP contribution in [0.25, 0.3) is 0 Å². The zero-order chi connectivity index (χ0) is 39.8. The smallest absolute Gasteiger partial charge is 0.303 e. The Morgan fingerprint density at radius 2 is 0.600 bits per heavy atom. The highest BCUT2D eigenvalue weighted by Gasteiger charge is 2.04. The fourth-order valence-corrected chi connectivity index (χ4v) is 4.88. The maximum Gasteiger partial charge on any atom is 0.303 e. The van der Waals surface area contributed by atoms with E-state index in [1.54, 1.807) is 0 Å². The molecule has 2 N–H and O–H groups in total. The monoisotopic (exact) mass is 798 g/mol. The SMILES string of the molecule is CCCCCCCCCCCCCOCCOCCOCCOCCOCCOCCOCCOCCOCCOCCOCCCNC(=O)CCC(=O)O. The normalized spacial score (nSPS) is 11.4. The van der Waals surface area contributed by atoms with Gasteiger partial charge in [0.15, 0.2) is 0 Å². The minimum atomic E-state index is -0.981. The van der Waals surface area contributed by atoms with E-state index >= 15 is 0 Å². The van der Waals surface area contributed by atoms with Gasteiger partial charge < -0.3 is 62.5 Å². The first-order valence-electron chi connectivity index (χ1n) is 21.0. The fraction of sp³-hybridized carbons (Fsp3) is 0.950. The molecule has 0 fully saturated rings. The molecule has 0 atom stereocenters. The van der Waals surface area contributed by atoms with Crippen molar-refractivity contribution in [2.75, 3.05) is 152 Å². The number of hydrogen-bond acceptors (Lipinski definition) is 13. The van der Waals surface area contributed by atoms with E-state index in [2.05, 4.69) is 12.2 Å². The van der Waals surface area contributed by atoms with Gasteiger partial charge in [0.1, 0.15) is 0 Å². The third kappa shape index (κ3) is 50.5. The summed E-state index contributed by atoms with van der Waals surface area (Å²) in [5.74, 6) is -1.25. The summed E-state index contributed by atoms with van der Waals surface area (Å²) in [6.07, 6.45) is 15.3. The molecule has 0 aromatic heterocycles. The Hall–Kier alpha value is -1.50. The molecule has 0 aliphatic carbocycles. The molecule has 0 aromatic rings. The fourth-order valence-electron chi connectivity index (χ4n) is 4.88. The molecule has 15 heteroatoms. The van der Waals surface area contributed by atoms with Gasteiger partial charge in [-0.25, -0.2) is 0 Å². The van der Waals surface area contributed by atoms with E-state index in [1.165, 1.54) is 64.2 Å². The molecule has 1 amide bonds. The van der Waals surface area contributed by atoms with E-state index in [4.69, 9.17) is 57.2 Å². The first-order valence-corrected chi connectivity index (χ1v) is 21.0. The number of rotatable bonds is 49. The van der Waals surface area contributed by atoms with Crippen LogP contribution in [0.5, 0.6) is 0 Å². The Morgan fingerprint density at radius 1 is 0.345 bits per heavy atom. The van der Waals surface area contributed by atoms with E-state index < -0.39 is 5.97 Å². The Kier molecular flexibility index (Phi) is 47.3. The standard InChI is InChI=1S/C40H79NO14/c1-2-3-4-5-6-7-8-9-10-11-12-17-45-19-21-47-23-25-49-27-29-51-31-33-53-35-37-55-38-36-54-34-32-52-30-28-50-26-24-48-22-20-46-18-13-16-41-39(42)14-15-40(43)44/h2-38H2,1H3,(H,41,42)(H,43,44). The number of aliphatic carboxylic acids is 1. The van der Waals surface area contributed by atoms with Gasteiger partial charge in [-0.1, -0.05) is 71.1 Å². The zero-order valence-electron chi connectivity index (χ0n) is 34.4. The second-order valence-electron chi connectivity index (χ2n) is 12.9. The molecule has 0 spiro atoms. The summed E-state index contributed by atoms with van der Waals surface area (Å²) >= 11 is 0. The van der Waals surface area contributed by atoms with Gasteiger partial charge in [-0.2, -0.15) is 0 Å². The number of carboxylic acid groups (broad SMARTS) is 1. The van der Waals surface area contributed by atoms with Gasteiger partial charge in [0.2, 0.25) is 5.91 Å². The van der Waals surface area contributed by atoms with Crippen LogP contribution in [0.15, 0.2) is 0 Å². The Balaban J connectivity index is 3.08. The summed E-state index contributed by atoms with van der Waals surface area (Å²) in [7, 11) is 0. The molecular weight excluding hydrogens is 718 g/mol. The number of amides is 1. The van der Waals surface area contributed by atoms with Crippen molar-refractivity contribution in [3.63, 3.8) is 0 Å². The highest BCUT2D eigenvalue weighted by atomic mass is 16.6. The molecule has 0 saturated heterocycles. The van der Waals surface area contributed by atoms with Crippen LogP contribution in [0.4, 0.5) is 0 Å². The average Bonchev–Trinajstić information content (AvgIpc) is 3.18. The number of carbonyl (C=O) groups excluding carboxylic acids is 1. The van der Waals surface area contributed by atoms with E-state index in [0.717, 1.165) is 13.0 Å². The van der Waals surface area contributed by atoms with Crippen molar-refractivity contribution in [1.29, 1.82) is 0 Å². The lowest BCUT2D eigenvalue weighted by Crippen LogP contribution is -2.25. The van der Waals surface area contributed by atoms with Gasteiger partial charge in [0, 0.05) is 26.2 Å². The van der Waals surface area contributed by atoms with E-state index in [-0.39, 0.29) is 18.7 Å². The first-order chi connectivity index (χ1) is 27.2. The Bertz CT molecular complexity index is 767. The minimum Gasteiger partial charge on any atom is -0.481 e. The largest absolute Gasteiger partial charge is 0.481 e. The van der Waals surface area contributed by atoms with Gasteiger partial charge >= 0.3 is 5.97 Å². The third-order valence-electron chi connectivity index (χ3n) is 7.97. The minimum absolute atomic E-state index is 0.00877. The highest BCUT2D eigenvalue weighted by molar-refractivity contribution is 5.80. The third-order valence-corrected chi connectivity index (χ3v) is 7.97. The predicted octanol–water partition coefficient (Wildman–Crippen LogP) is 4.85. The number of ether oxygens (including phenoxy) is 11. The summed E-state index contributed by atoms with van der Waals surface area (Å²) in [5, 5.41) is 11.2. The molecular formula is C40H79NO14. The van der Waals surface area contributed by atoms with Gasteiger partial charge in [0.05, 0.1) is 139 Å². The molecule has 0 bridgehead atoms. The molecule has 0 unspecified atom stereocenters. The number of carbonyl (C=O) groups is 2. The van der Waals surface area contributed by atoms with Crippen LogP contribution in [0, 0.1) is 0 Å². The van der Waals surface area contributed by atoms with Crippen LogP contribution in [0.1, 0.15) is 96.8 Å².